The zero-order valence-electron chi connectivity index (χ0n) is 46.8. The fourth-order valence-corrected chi connectivity index (χ4v) is 7.41. The lowest BCUT2D eigenvalue weighted by Gasteiger charge is -2.18. The second-order valence-electron chi connectivity index (χ2n) is 18.8. The molecule has 0 fully saturated rings. The molecular weight excluding hydrogens is 901 g/mol. The van der Waals surface area contributed by atoms with Crippen LogP contribution in [-0.2, 0) is 28.6 Å². The van der Waals surface area contributed by atoms with E-state index in [-0.39, 0.29) is 31.1 Å². The van der Waals surface area contributed by atoms with E-state index in [4.69, 9.17) is 14.2 Å². The van der Waals surface area contributed by atoms with Crippen LogP contribution in [0.1, 0.15) is 239 Å². The molecule has 0 bridgehead atoms. The summed E-state index contributed by atoms with van der Waals surface area (Å²) in [6.07, 6.45) is 85.7. The smallest absolute Gasteiger partial charge is 0.306 e. The monoisotopic (exact) mass is 1010 g/mol. The molecular formula is C67H106O6. The van der Waals surface area contributed by atoms with Crippen LogP contribution in [-0.4, -0.2) is 37.2 Å². The van der Waals surface area contributed by atoms with Crippen molar-refractivity contribution in [1.82, 2.24) is 0 Å². The van der Waals surface area contributed by atoms with Gasteiger partial charge < -0.3 is 14.2 Å². The molecule has 0 heterocycles. The Labute approximate surface area is 448 Å². The van der Waals surface area contributed by atoms with E-state index in [1.807, 2.05) is 0 Å². The molecule has 0 amide bonds. The number of carbonyl (C=O) groups excluding carboxylic acids is 3. The average molecular weight is 1010 g/mol. The van der Waals surface area contributed by atoms with Crippen molar-refractivity contribution in [3.05, 3.63) is 146 Å². The summed E-state index contributed by atoms with van der Waals surface area (Å²) in [5.41, 5.74) is 0. The summed E-state index contributed by atoms with van der Waals surface area (Å²) in [5, 5.41) is 0. The van der Waals surface area contributed by atoms with Gasteiger partial charge in [0.2, 0.25) is 0 Å². The summed E-state index contributed by atoms with van der Waals surface area (Å²) < 4.78 is 16.7. The maximum absolute atomic E-state index is 12.8. The summed E-state index contributed by atoms with van der Waals surface area (Å²) in [7, 11) is 0. The third-order valence-electron chi connectivity index (χ3n) is 11.8. The van der Waals surface area contributed by atoms with E-state index in [0.717, 1.165) is 148 Å². The van der Waals surface area contributed by atoms with Gasteiger partial charge in [-0.15, -0.1) is 0 Å². The van der Waals surface area contributed by atoms with E-state index >= 15 is 0 Å². The van der Waals surface area contributed by atoms with Gasteiger partial charge in [0.15, 0.2) is 6.10 Å². The molecule has 6 nitrogen and oxygen atoms in total. The fraction of sp³-hybridized carbons (Fsp3) is 0.597. The number of hydrogen-bond donors (Lipinski definition) is 0. The van der Waals surface area contributed by atoms with E-state index in [2.05, 4.69) is 167 Å². The van der Waals surface area contributed by atoms with Gasteiger partial charge in [0.25, 0.3) is 0 Å². The summed E-state index contributed by atoms with van der Waals surface area (Å²) in [5.74, 6) is -0.978. The number of allylic oxidation sites excluding steroid dienone is 24. The van der Waals surface area contributed by atoms with Crippen molar-refractivity contribution >= 4 is 17.9 Å². The van der Waals surface area contributed by atoms with E-state index in [1.54, 1.807) is 0 Å². The zero-order chi connectivity index (χ0) is 52.9. The molecule has 0 aromatic rings. The van der Waals surface area contributed by atoms with Crippen LogP contribution in [0.15, 0.2) is 146 Å². The number of ether oxygens (including phenoxy) is 3. The van der Waals surface area contributed by atoms with Gasteiger partial charge in [0.05, 0.1) is 0 Å². The molecule has 0 N–H and O–H groups in total. The highest BCUT2D eigenvalue weighted by molar-refractivity contribution is 5.71. The normalized spacial score (nSPS) is 13.2. The third-order valence-corrected chi connectivity index (χ3v) is 11.8. The first-order chi connectivity index (χ1) is 36.0. The second kappa shape index (κ2) is 59.8. The van der Waals surface area contributed by atoms with Crippen molar-refractivity contribution in [2.75, 3.05) is 13.2 Å². The Hall–Kier alpha value is -4.71. The van der Waals surface area contributed by atoms with Crippen LogP contribution in [0, 0.1) is 0 Å². The largest absolute Gasteiger partial charge is 0.462 e. The minimum atomic E-state index is -0.807. The van der Waals surface area contributed by atoms with Gasteiger partial charge in [-0.25, -0.2) is 0 Å². The Morgan fingerprint density at radius 3 is 0.932 bits per heavy atom. The summed E-state index contributed by atoms with van der Waals surface area (Å²) in [6, 6.07) is 0. The summed E-state index contributed by atoms with van der Waals surface area (Å²) in [6.45, 7) is 6.37. The van der Waals surface area contributed by atoms with Gasteiger partial charge in [0.1, 0.15) is 13.2 Å². The van der Waals surface area contributed by atoms with Crippen LogP contribution in [0.3, 0.4) is 0 Å². The van der Waals surface area contributed by atoms with Crippen molar-refractivity contribution < 1.29 is 28.6 Å². The van der Waals surface area contributed by atoms with Crippen LogP contribution in [0.25, 0.3) is 0 Å². The Balaban J connectivity index is 4.31. The van der Waals surface area contributed by atoms with Crippen LogP contribution < -0.4 is 0 Å². The molecule has 0 radical (unpaired) electrons. The maximum atomic E-state index is 12.8. The highest BCUT2D eigenvalue weighted by atomic mass is 16.6. The number of unbranched alkanes of at least 4 members (excludes halogenated alkanes) is 16. The molecule has 6 heteroatoms. The first-order valence-electron chi connectivity index (χ1n) is 29.3. The first-order valence-corrected chi connectivity index (χ1v) is 29.3. The highest BCUT2D eigenvalue weighted by Gasteiger charge is 2.19. The second-order valence-corrected chi connectivity index (χ2v) is 18.8. The summed E-state index contributed by atoms with van der Waals surface area (Å²) in [4.78, 5) is 38.0. The molecule has 0 aliphatic rings. The number of esters is 3. The SMILES string of the molecule is CC/C=C\C/C=C\C/C=C\C/C=C\C/C=C\C/C=C\C/C=C\C/C=C\C/C=C\C/C=C\CCCCC(=O)OCC(COC(=O)CCCCCCC/C=C\CCC)OC(=O)CCCCCCC/C=C\CCCCC. The number of carbonyl (C=O) groups is 3. The van der Waals surface area contributed by atoms with Gasteiger partial charge in [0, 0.05) is 19.3 Å². The van der Waals surface area contributed by atoms with Crippen LogP contribution in [0.5, 0.6) is 0 Å². The summed E-state index contributed by atoms with van der Waals surface area (Å²) >= 11 is 0. The van der Waals surface area contributed by atoms with Gasteiger partial charge in [-0.2, -0.15) is 0 Å². The Morgan fingerprint density at radius 2 is 0.562 bits per heavy atom. The molecule has 73 heavy (non-hydrogen) atoms. The van der Waals surface area contributed by atoms with Gasteiger partial charge >= 0.3 is 17.9 Å². The van der Waals surface area contributed by atoms with Crippen LogP contribution >= 0.6 is 0 Å². The molecule has 0 spiro atoms. The molecule has 0 aliphatic heterocycles. The fourth-order valence-electron chi connectivity index (χ4n) is 7.41. The number of hydrogen-bond acceptors (Lipinski definition) is 6. The quantitative estimate of drug-likeness (QED) is 0.0261. The Bertz CT molecular complexity index is 1630. The molecule has 0 rings (SSSR count). The van der Waals surface area contributed by atoms with E-state index in [0.29, 0.717) is 25.7 Å². The molecule has 0 saturated heterocycles. The van der Waals surface area contributed by atoms with E-state index in [9.17, 15) is 14.4 Å². The van der Waals surface area contributed by atoms with Gasteiger partial charge in [-0.1, -0.05) is 224 Å². The number of rotatable bonds is 51. The van der Waals surface area contributed by atoms with E-state index < -0.39 is 6.10 Å². The predicted octanol–water partition coefficient (Wildman–Crippen LogP) is 20.0. The molecule has 410 valence electrons. The van der Waals surface area contributed by atoms with Gasteiger partial charge in [-0.3, -0.25) is 14.4 Å². The topological polar surface area (TPSA) is 78.9 Å². The first kappa shape index (κ1) is 68.3. The van der Waals surface area contributed by atoms with Crippen molar-refractivity contribution in [3.63, 3.8) is 0 Å². The molecule has 0 saturated carbocycles. The average Bonchev–Trinajstić information content (AvgIpc) is 3.39. The Kier molecular flexibility index (Phi) is 56.0. The zero-order valence-corrected chi connectivity index (χ0v) is 46.8. The van der Waals surface area contributed by atoms with Crippen molar-refractivity contribution in [2.24, 2.45) is 0 Å². The highest BCUT2D eigenvalue weighted by Crippen LogP contribution is 2.13. The Morgan fingerprint density at radius 1 is 0.288 bits per heavy atom. The minimum Gasteiger partial charge on any atom is -0.462 e. The molecule has 1 atom stereocenters. The molecule has 0 aromatic carbocycles. The molecule has 0 aliphatic carbocycles. The van der Waals surface area contributed by atoms with E-state index in [1.165, 1.54) is 44.9 Å². The van der Waals surface area contributed by atoms with Crippen LogP contribution in [0.2, 0.25) is 0 Å². The standard InChI is InChI=1S/C67H106O6/c1-4-7-10-13-16-19-22-24-25-26-27-28-29-30-31-32-33-34-35-36-37-38-39-40-41-42-43-44-46-48-51-54-57-60-66(69)72-63-64(62-71-65(68)59-56-53-50-47-21-18-15-12-9-6-3)73-67(70)61-58-55-52-49-45-23-20-17-14-11-8-5-2/h7,10,12,15-17,19-20,24-25,27-28,30-31,33-34,36-37,39-40,42-43,46,48,64H,4-6,8-9,11,13-14,18,21-23,26,29,32,35,38,41,44-45,47,49-63H2,1-3H3/b10-7-,15-12-,19-16-,20-17-,25-24-,28-27-,31-30-,34-33-,37-36-,40-39-,43-42-,48-46-. The maximum Gasteiger partial charge on any atom is 0.306 e. The minimum absolute atomic E-state index is 0.104. The lowest BCUT2D eigenvalue weighted by molar-refractivity contribution is -0.167. The predicted molar refractivity (Wildman–Crippen MR) is 315 cm³/mol. The third kappa shape index (κ3) is 58.1. The lowest BCUT2D eigenvalue weighted by Crippen LogP contribution is -2.30. The molecule has 1 unspecified atom stereocenters. The van der Waals surface area contributed by atoms with Crippen molar-refractivity contribution in [3.8, 4) is 0 Å². The molecule has 0 aromatic heterocycles. The van der Waals surface area contributed by atoms with Gasteiger partial charge in [-0.05, 0) is 141 Å². The van der Waals surface area contributed by atoms with Crippen molar-refractivity contribution in [2.45, 2.75) is 245 Å². The van der Waals surface area contributed by atoms with Crippen LogP contribution in [0.4, 0.5) is 0 Å². The lowest BCUT2D eigenvalue weighted by atomic mass is 10.1. The van der Waals surface area contributed by atoms with Crippen molar-refractivity contribution in [1.29, 1.82) is 0 Å².